The van der Waals surface area contributed by atoms with Crippen LogP contribution in [0.25, 0.3) is 5.57 Å². The second-order valence-electron chi connectivity index (χ2n) is 4.45. The molecule has 0 N–H and O–H groups in total. The monoisotopic (exact) mass is 240 g/mol. The highest BCUT2D eigenvalue weighted by molar-refractivity contribution is 5.84. The van der Waals surface area contributed by atoms with E-state index in [0.29, 0.717) is 0 Å². The third-order valence-corrected chi connectivity index (χ3v) is 3.06. The molecule has 1 aromatic carbocycles. The summed E-state index contributed by atoms with van der Waals surface area (Å²) < 4.78 is 4.82. The van der Waals surface area contributed by atoms with Gasteiger partial charge in [0.15, 0.2) is 0 Å². The average molecular weight is 240 g/mol. The molecule has 1 aliphatic rings. The highest BCUT2D eigenvalue weighted by Gasteiger charge is 2.28. The number of rotatable bonds is 2. The fourth-order valence-corrected chi connectivity index (χ4v) is 1.90. The number of hydrogen-bond donors (Lipinski definition) is 0. The van der Waals surface area contributed by atoms with Crippen LogP contribution in [0.4, 0.5) is 0 Å². The molecule has 0 heterocycles. The molecule has 2 rings (SSSR count). The van der Waals surface area contributed by atoms with Gasteiger partial charge in [0, 0.05) is 0 Å². The van der Waals surface area contributed by atoms with Crippen molar-refractivity contribution in [2.24, 2.45) is 5.41 Å². The predicted octanol–water partition coefficient (Wildman–Crippen LogP) is 3.38. The summed E-state index contributed by atoms with van der Waals surface area (Å²) in [5.41, 5.74) is 1.52. The topological polar surface area (TPSA) is 26.3 Å². The smallest absolute Gasteiger partial charge is 0.319 e. The second-order valence-corrected chi connectivity index (χ2v) is 4.45. The summed E-state index contributed by atoms with van der Waals surface area (Å²) in [5, 5.41) is 0. The Morgan fingerprint density at radius 1 is 1.17 bits per heavy atom. The van der Waals surface area contributed by atoms with Gasteiger partial charge in [0.05, 0.1) is 7.11 Å². The lowest BCUT2D eigenvalue weighted by Crippen LogP contribution is -2.24. The van der Waals surface area contributed by atoms with Crippen molar-refractivity contribution in [3.63, 3.8) is 0 Å². The molecule has 18 heavy (non-hydrogen) atoms. The second kappa shape index (κ2) is 5.05. The van der Waals surface area contributed by atoms with Crippen LogP contribution < -0.4 is 0 Å². The molecule has 1 unspecified atom stereocenters. The molecule has 0 bridgehead atoms. The van der Waals surface area contributed by atoms with E-state index in [4.69, 9.17) is 4.74 Å². The molecule has 0 aromatic heterocycles. The van der Waals surface area contributed by atoms with E-state index < -0.39 is 5.41 Å². The molecule has 0 spiro atoms. The van der Waals surface area contributed by atoms with E-state index in [1.165, 1.54) is 7.11 Å². The van der Waals surface area contributed by atoms with Crippen LogP contribution >= 0.6 is 0 Å². The first-order chi connectivity index (χ1) is 8.65. The SMILES string of the molecule is COC(=O)C1(C)C=CC=C(c2ccccc2)C=C1. The van der Waals surface area contributed by atoms with Crippen molar-refractivity contribution in [2.75, 3.05) is 7.11 Å². The molecule has 0 saturated heterocycles. The molecule has 1 aliphatic carbocycles. The largest absolute Gasteiger partial charge is 0.468 e. The summed E-state index contributed by atoms with van der Waals surface area (Å²) in [6, 6.07) is 10.1. The van der Waals surface area contributed by atoms with Gasteiger partial charge in [0.2, 0.25) is 0 Å². The first kappa shape index (κ1) is 12.4. The highest BCUT2D eigenvalue weighted by Crippen LogP contribution is 2.28. The first-order valence-electron chi connectivity index (χ1n) is 5.88. The number of carbonyl (C=O) groups excluding carboxylic acids is 1. The van der Waals surface area contributed by atoms with Gasteiger partial charge < -0.3 is 4.74 Å². The number of carbonyl (C=O) groups is 1. The van der Waals surface area contributed by atoms with Gasteiger partial charge in [-0.05, 0) is 18.1 Å². The number of esters is 1. The highest BCUT2D eigenvalue weighted by atomic mass is 16.5. The maximum Gasteiger partial charge on any atom is 0.319 e. The Balaban J connectivity index is 2.31. The standard InChI is InChI=1S/C16H16O2/c1-16(15(17)18-2)11-6-9-14(10-12-16)13-7-4-3-5-8-13/h3-12H,1-2H3. The maximum atomic E-state index is 11.7. The van der Waals surface area contributed by atoms with Gasteiger partial charge >= 0.3 is 5.97 Å². The van der Waals surface area contributed by atoms with E-state index in [2.05, 4.69) is 0 Å². The molecule has 0 amide bonds. The Bertz CT molecular complexity index is 523. The van der Waals surface area contributed by atoms with Crippen molar-refractivity contribution in [2.45, 2.75) is 6.92 Å². The summed E-state index contributed by atoms with van der Waals surface area (Å²) in [5.74, 6) is -0.252. The van der Waals surface area contributed by atoms with Gasteiger partial charge in [-0.15, -0.1) is 0 Å². The Labute approximate surface area is 107 Å². The summed E-state index contributed by atoms with van der Waals surface area (Å²) in [7, 11) is 1.41. The van der Waals surface area contributed by atoms with E-state index in [-0.39, 0.29) is 5.97 Å². The van der Waals surface area contributed by atoms with Gasteiger partial charge in [-0.2, -0.15) is 0 Å². The van der Waals surface area contributed by atoms with Crippen LogP contribution in [0, 0.1) is 5.41 Å². The predicted molar refractivity (Wildman–Crippen MR) is 72.8 cm³/mol. The lowest BCUT2D eigenvalue weighted by molar-refractivity contribution is -0.146. The van der Waals surface area contributed by atoms with E-state index >= 15 is 0 Å². The first-order valence-corrected chi connectivity index (χ1v) is 5.88. The Morgan fingerprint density at radius 3 is 2.56 bits per heavy atom. The quantitative estimate of drug-likeness (QED) is 0.741. The molecule has 2 heteroatoms. The van der Waals surface area contributed by atoms with Crippen molar-refractivity contribution >= 4 is 11.5 Å². The third-order valence-electron chi connectivity index (χ3n) is 3.06. The van der Waals surface area contributed by atoms with Crippen LogP contribution in [0.3, 0.4) is 0 Å². The Kier molecular flexibility index (Phi) is 3.47. The minimum absolute atomic E-state index is 0.252. The van der Waals surface area contributed by atoms with Crippen molar-refractivity contribution < 1.29 is 9.53 Å². The van der Waals surface area contributed by atoms with E-state index in [1.807, 2.05) is 67.6 Å². The number of ether oxygens (including phenoxy) is 1. The van der Waals surface area contributed by atoms with Gasteiger partial charge in [0.25, 0.3) is 0 Å². The van der Waals surface area contributed by atoms with Gasteiger partial charge in [-0.25, -0.2) is 0 Å². The molecule has 0 aliphatic heterocycles. The normalized spacial score (nSPS) is 22.2. The summed E-state index contributed by atoms with van der Waals surface area (Å²) in [6.45, 7) is 1.84. The average Bonchev–Trinajstić information content (AvgIpc) is 2.62. The van der Waals surface area contributed by atoms with Crippen molar-refractivity contribution in [1.29, 1.82) is 0 Å². The van der Waals surface area contributed by atoms with Crippen LogP contribution in [0.1, 0.15) is 12.5 Å². The van der Waals surface area contributed by atoms with Crippen molar-refractivity contribution in [1.82, 2.24) is 0 Å². The van der Waals surface area contributed by atoms with Crippen LogP contribution in [0.5, 0.6) is 0 Å². The number of allylic oxidation sites excluding steroid dienone is 4. The van der Waals surface area contributed by atoms with E-state index in [0.717, 1.165) is 11.1 Å². The molecule has 0 saturated carbocycles. The fourth-order valence-electron chi connectivity index (χ4n) is 1.90. The summed E-state index contributed by atoms with van der Waals surface area (Å²) >= 11 is 0. The zero-order chi connectivity index (χ0) is 13.0. The Morgan fingerprint density at radius 2 is 1.89 bits per heavy atom. The molecule has 0 radical (unpaired) electrons. The molecule has 1 aromatic rings. The number of methoxy groups -OCH3 is 1. The van der Waals surface area contributed by atoms with Crippen LogP contribution in [-0.2, 0) is 9.53 Å². The van der Waals surface area contributed by atoms with Gasteiger partial charge in [-0.3, -0.25) is 4.79 Å². The Hall–Kier alpha value is -2.09. The molecular weight excluding hydrogens is 224 g/mol. The van der Waals surface area contributed by atoms with E-state index in [9.17, 15) is 4.79 Å². The molecular formula is C16H16O2. The van der Waals surface area contributed by atoms with Crippen LogP contribution in [0.15, 0.2) is 60.7 Å². The minimum Gasteiger partial charge on any atom is -0.468 e. The number of benzene rings is 1. The molecule has 92 valence electrons. The lowest BCUT2D eigenvalue weighted by atomic mass is 9.90. The molecule has 0 fully saturated rings. The molecule has 1 atom stereocenters. The summed E-state index contributed by atoms with van der Waals surface area (Å²) in [4.78, 5) is 11.7. The minimum atomic E-state index is -0.693. The summed E-state index contributed by atoms with van der Waals surface area (Å²) in [6.07, 6.45) is 9.60. The van der Waals surface area contributed by atoms with Crippen LogP contribution in [0.2, 0.25) is 0 Å². The zero-order valence-corrected chi connectivity index (χ0v) is 10.6. The van der Waals surface area contributed by atoms with Gasteiger partial charge in [0.1, 0.15) is 5.41 Å². The van der Waals surface area contributed by atoms with Crippen LogP contribution in [-0.4, -0.2) is 13.1 Å². The van der Waals surface area contributed by atoms with Crippen molar-refractivity contribution in [3.8, 4) is 0 Å². The lowest BCUT2D eigenvalue weighted by Gasteiger charge is -2.17. The third kappa shape index (κ3) is 2.43. The fraction of sp³-hybridized carbons (Fsp3) is 0.188. The van der Waals surface area contributed by atoms with Crippen molar-refractivity contribution in [3.05, 3.63) is 66.3 Å². The van der Waals surface area contributed by atoms with Gasteiger partial charge in [-0.1, -0.05) is 60.7 Å². The number of hydrogen-bond acceptors (Lipinski definition) is 2. The zero-order valence-electron chi connectivity index (χ0n) is 10.6. The van der Waals surface area contributed by atoms with E-state index in [1.54, 1.807) is 0 Å². The maximum absolute atomic E-state index is 11.7. The molecule has 2 nitrogen and oxygen atoms in total.